The Hall–Kier alpha value is -2.62. The Morgan fingerprint density at radius 2 is 2.05 bits per heavy atom. The number of nitrogens with zero attached hydrogens (tertiary/aromatic N) is 2. The molecule has 22 heavy (non-hydrogen) atoms. The molecule has 2 aromatic heterocycles. The van der Waals surface area contributed by atoms with Crippen molar-refractivity contribution in [1.29, 1.82) is 0 Å². The summed E-state index contributed by atoms with van der Waals surface area (Å²) in [6.45, 7) is 4.83. The monoisotopic (exact) mass is 293 g/mol. The maximum absolute atomic E-state index is 11.8. The van der Waals surface area contributed by atoms with Crippen LogP contribution in [-0.2, 0) is 6.54 Å². The van der Waals surface area contributed by atoms with E-state index in [4.69, 9.17) is 5.73 Å². The molecule has 0 saturated carbocycles. The van der Waals surface area contributed by atoms with Gasteiger partial charge in [0.15, 0.2) is 0 Å². The normalized spacial score (nSPS) is 11.2. The topological polar surface area (TPSA) is 60.9 Å². The second-order valence-electron chi connectivity index (χ2n) is 5.74. The third kappa shape index (κ3) is 2.48. The van der Waals surface area contributed by atoms with Crippen molar-refractivity contribution in [2.75, 3.05) is 0 Å². The Morgan fingerprint density at radius 3 is 2.68 bits per heavy atom. The predicted molar refractivity (Wildman–Crippen MR) is 87.9 cm³/mol. The SMILES string of the molecule is CC(C)c1cccc2cc(C(N)=O)n(Cc3ccccn3)c12. The number of aromatic nitrogens is 2. The van der Waals surface area contributed by atoms with Crippen LogP contribution in [0.1, 0.15) is 41.5 Å². The summed E-state index contributed by atoms with van der Waals surface area (Å²) in [4.78, 5) is 16.2. The minimum absolute atomic E-state index is 0.363. The number of primary amides is 1. The Kier molecular flexibility index (Phi) is 3.67. The third-order valence-electron chi connectivity index (χ3n) is 3.87. The van der Waals surface area contributed by atoms with E-state index in [0.29, 0.717) is 18.2 Å². The largest absolute Gasteiger partial charge is 0.364 e. The highest BCUT2D eigenvalue weighted by atomic mass is 16.1. The number of rotatable bonds is 4. The van der Waals surface area contributed by atoms with E-state index < -0.39 is 5.91 Å². The van der Waals surface area contributed by atoms with Crippen LogP contribution in [0, 0.1) is 0 Å². The summed E-state index contributed by atoms with van der Waals surface area (Å²) in [5, 5.41) is 1.04. The molecular weight excluding hydrogens is 274 g/mol. The highest BCUT2D eigenvalue weighted by molar-refractivity contribution is 5.98. The number of fused-ring (bicyclic) bond motifs is 1. The zero-order chi connectivity index (χ0) is 15.7. The molecule has 0 aliphatic heterocycles. The molecule has 0 radical (unpaired) electrons. The number of hydrogen-bond donors (Lipinski definition) is 1. The van der Waals surface area contributed by atoms with Crippen LogP contribution in [0.3, 0.4) is 0 Å². The fourth-order valence-electron chi connectivity index (χ4n) is 2.84. The number of hydrogen-bond acceptors (Lipinski definition) is 2. The van der Waals surface area contributed by atoms with Gasteiger partial charge in [-0.3, -0.25) is 9.78 Å². The Morgan fingerprint density at radius 1 is 1.23 bits per heavy atom. The van der Waals surface area contributed by atoms with Crippen molar-refractivity contribution in [2.45, 2.75) is 26.3 Å². The highest BCUT2D eigenvalue weighted by Crippen LogP contribution is 2.29. The van der Waals surface area contributed by atoms with Crippen molar-refractivity contribution in [1.82, 2.24) is 9.55 Å². The summed E-state index contributed by atoms with van der Waals surface area (Å²) in [6, 6.07) is 13.8. The lowest BCUT2D eigenvalue weighted by Gasteiger charge is -2.13. The first-order valence-corrected chi connectivity index (χ1v) is 7.40. The molecule has 0 spiro atoms. The first-order chi connectivity index (χ1) is 10.6. The van der Waals surface area contributed by atoms with Gasteiger partial charge in [0.2, 0.25) is 0 Å². The average Bonchev–Trinajstić information content (AvgIpc) is 2.87. The summed E-state index contributed by atoms with van der Waals surface area (Å²) in [5.41, 5.74) is 9.28. The van der Waals surface area contributed by atoms with E-state index in [2.05, 4.69) is 24.9 Å². The molecule has 4 nitrogen and oxygen atoms in total. The van der Waals surface area contributed by atoms with E-state index in [1.807, 2.05) is 41.0 Å². The number of carbonyl (C=O) groups excluding carboxylic acids is 1. The molecule has 0 fully saturated rings. The van der Waals surface area contributed by atoms with Gasteiger partial charge in [-0.1, -0.05) is 38.1 Å². The minimum atomic E-state index is -0.415. The predicted octanol–water partition coefficient (Wildman–Crippen LogP) is 3.31. The van der Waals surface area contributed by atoms with Gasteiger partial charge in [0, 0.05) is 11.6 Å². The van der Waals surface area contributed by atoms with E-state index in [1.165, 1.54) is 5.56 Å². The standard InChI is InChI=1S/C18H19N3O/c1-12(2)15-8-5-6-13-10-16(18(19)22)21(17(13)15)11-14-7-3-4-9-20-14/h3-10,12H,11H2,1-2H3,(H2,19,22). The van der Waals surface area contributed by atoms with Gasteiger partial charge in [0.25, 0.3) is 5.91 Å². The lowest BCUT2D eigenvalue weighted by molar-refractivity contribution is 0.0992. The van der Waals surface area contributed by atoms with Gasteiger partial charge in [-0.05, 0) is 29.7 Å². The summed E-state index contributed by atoms with van der Waals surface area (Å²) in [7, 11) is 0. The molecule has 1 aromatic carbocycles. The van der Waals surface area contributed by atoms with Gasteiger partial charge >= 0.3 is 0 Å². The zero-order valence-corrected chi connectivity index (χ0v) is 12.8. The van der Waals surface area contributed by atoms with Crippen molar-refractivity contribution in [2.24, 2.45) is 5.73 Å². The molecule has 0 bridgehead atoms. The molecule has 0 aliphatic carbocycles. The van der Waals surface area contributed by atoms with Crippen molar-refractivity contribution in [3.63, 3.8) is 0 Å². The molecule has 2 N–H and O–H groups in total. The lowest BCUT2D eigenvalue weighted by atomic mass is 10.0. The zero-order valence-electron chi connectivity index (χ0n) is 12.8. The van der Waals surface area contributed by atoms with Crippen LogP contribution < -0.4 is 5.73 Å². The van der Waals surface area contributed by atoms with Gasteiger partial charge in [-0.25, -0.2) is 0 Å². The Labute approximate surface area is 129 Å². The number of para-hydroxylation sites is 1. The van der Waals surface area contributed by atoms with Gasteiger partial charge < -0.3 is 10.3 Å². The first kappa shape index (κ1) is 14.3. The summed E-state index contributed by atoms with van der Waals surface area (Å²) in [6.07, 6.45) is 1.76. The number of nitrogens with two attached hydrogens (primary N) is 1. The molecule has 0 atom stereocenters. The highest BCUT2D eigenvalue weighted by Gasteiger charge is 2.17. The molecule has 2 heterocycles. The molecule has 4 heteroatoms. The van der Waals surface area contributed by atoms with Gasteiger partial charge in [0.05, 0.1) is 17.8 Å². The molecule has 0 aliphatic rings. The number of pyridine rings is 1. The molecule has 1 amide bonds. The smallest absolute Gasteiger partial charge is 0.265 e. The lowest BCUT2D eigenvalue weighted by Crippen LogP contribution is -2.18. The Balaban J connectivity index is 2.25. The summed E-state index contributed by atoms with van der Waals surface area (Å²) >= 11 is 0. The average molecular weight is 293 g/mol. The van der Waals surface area contributed by atoms with E-state index >= 15 is 0 Å². The second kappa shape index (κ2) is 5.64. The quantitative estimate of drug-likeness (QED) is 0.802. The van der Waals surface area contributed by atoms with E-state index in [1.54, 1.807) is 6.20 Å². The molecular formula is C18H19N3O. The van der Waals surface area contributed by atoms with Crippen molar-refractivity contribution in [3.05, 3.63) is 65.6 Å². The summed E-state index contributed by atoms with van der Waals surface area (Å²) in [5.74, 6) is -0.0522. The Bertz CT molecular complexity index is 819. The van der Waals surface area contributed by atoms with Crippen LogP contribution in [-0.4, -0.2) is 15.5 Å². The van der Waals surface area contributed by atoms with E-state index in [-0.39, 0.29) is 0 Å². The molecule has 112 valence electrons. The van der Waals surface area contributed by atoms with Crippen LogP contribution in [0.5, 0.6) is 0 Å². The minimum Gasteiger partial charge on any atom is -0.364 e. The van der Waals surface area contributed by atoms with Gasteiger partial charge in [-0.2, -0.15) is 0 Å². The molecule has 3 rings (SSSR count). The van der Waals surface area contributed by atoms with E-state index in [9.17, 15) is 4.79 Å². The van der Waals surface area contributed by atoms with Crippen LogP contribution in [0.2, 0.25) is 0 Å². The van der Waals surface area contributed by atoms with Crippen molar-refractivity contribution >= 4 is 16.8 Å². The molecule has 0 unspecified atom stereocenters. The molecule has 3 aromatic rings. The fourth-order valence-corrected chi connectivity index (χ4v) is 2.84. The first-order valence-electron chi connectivity index (χ1n) is 7.40. The van der Waals surface area contributed by atoms with Crippen LogP contribution in [0.15, 0.2) is 48.7 Å². The van der Waals surface area contributed by atoms with Gasteiger partial charge in [0.1, 0.15) is 5.69 Å². The van der Waals surface area contributed by atoms with Crippen LogP contribution in [0.4, 0.5) is 0 Å². The van der Waals surface area contributed by atoms with E-state index in [0.717, 1.165) is 16.6 Å². The second-order valence-corrected chi connectivity index (χ2v) is 5.74. The summed E-state index contributed by atoms with van der Waals surface area (Å²) < 4.78 is 1.98. The number of carbonyl (C=O) groups is 1. The van der Waals surface area contributed by atoms with Gasteiger partial charge in [-0.15, -0.1) is 0 Å². The maximum Gasteiger partial charge on any atom is 0.265 e. The number of benzene rings is 1. The van der Waals surface area contributed by atoms with Crippen molar-refractivity contribution < 1.29 is 4.79 Å². The van der Waals surface area contributed by atoms with Crippen LogP contribution in [0.25, 0.3) is 10.9 Å². The van der Waals surface area contributed by atoms with Crippen molar-refractivity contribution in [3.8, 4) is 0 Å². The maximum atomic E-state index is 11.8. The fraction of sp³-hybridized carbons (Fsp3) is 0.222. The number of amides is 1. The third-order valence-corrected chi connectivity index (χ3v) is 3.87. The van der Waals surface area contributed by atoms with Crippen LogP contribution >= 0.6 is 0 Å². The molecule has 0 saturated heterocycles.